The molecule has 1 heterocycles. The molecule has 1 aromatic carbocycles. The van der Waals surface area contributed by atoms with Gasteiger partial charge in [-0.25, -0.2) is 0 Å². The number of hydrogen-bond acceptors (Lipinski definition) is 3. The normalized spacial score (nSPS) is 9.94. The molecule has 0 fully saturated rings. The number of nitrogens with one attached hydrogen (secondary N) is 1. The fraction of sp³-hybridized carbons (Fsp3) is 0. The highest BCUT2D eigenvalue weighted by Gasteiger charge is 2.04. The molecule has 0 spiro atoms. The summed E-state index contributed by atoms with van der Waals surface area (Å²) in [6, 6.07) is 10.4. The fourth-order valence-electron chi connectivity index (χ4n) is 1.28. The molecule has 0 unspecified atom stereocenters. The van der Waals surface area contributed by atoms with E-state index >= 15 is 0 Å². The summed E-state index contributed by atoms with van der Waals surface area (Å²) in [7, 11) is 0. The van der Waals surface area contributed by atoms with Crippen LogP contribution in [0.15, 0.2) is 42.6 Å². The van der Waals surface area contributed by atoms with Gasteiger partial charge in [0.25, 0.3) is 0 Å². The minimum absolute atomic E-state index is 0.102. The van der Waals surface area contributed by atoms with Gasteiger partial charge in [-0.1, -0.05) is 23.7 Å². The molecular weight excluding hydrogens is 238 g/mol. The largest absolute Gasteiger partial charge is 0.456 e. The topological polar surface area (TPSA) is 72.0 Å². The lowest BCUT2D eigenvalue weighted by Gasteiger charge is -2.07. The minimum atomic E-state index is -0.102. The third-order valence-electron chi connectivity index (χ3n) is 2.07. The number of amidine groups is 1. The Balaban J connectivity index is 2.28. The van der Waals surface area contributed by atoms with Crippen molar-refractivity contribution in [3.8, 4) is 11.5 Å². The quantitative estimate of drug-likeness (QED) is 0.647. The van der Waals surface area contributed by atoms with E-state index in [1.54, 1.807) is 24.3 Å². The first-order valence-corrected chi connectivity index (χ1v) is 5.27. The number of halogens is 1. The van der Waals surface area contributed by atoms with Crippen LogP contribution >= 0.6 is 11.6 Å². The molecule has 0 aliphatic rings. The Morgan fingerprint density at radius 2 is 2.06 bits per heavy atom. The molecule has 2 rings (SSSR count). The molecular formula is C12H10ClN3O. The van der Waals surface area contributed by atoms with Gasteiger partial charge in [0, 0.05) is 12.3 Å². The monoisotopic (exact) mass is 247 g/mol. The van der Waals surface area contributed by atoms with Crippen molar-refractivity contribution in [1.29, 1.82) is 5.41 Å². The zero-order valence-electron chi connectivity index (χ0n) is 8.85. The molecule has 5 heteroatoms. The Morgan fingerprint density at radius 1 is 1.29 bits per heavy atom. The lowest BCUT2D eigenvalue weighted by Crippen LogP contribution is -2.12. The van der Waals surface area contributed by atoms with Gasteiger partial charge in [-0.2, -0.15) is 0 Å². The standard InChI is InChI=1S/C12H10ClN3O/c13-9-3-1-2-4-11(9)17-8-5-6-16-10(7-8)12(14)15/h1-7H,(H3,14,15). The first-order chi connectivity index (χ1) is 8.16. The Morgan fingerprint density at radius 3 is 2.76 bits per heavy atom. The summed E-state index contributed by atoms with van der Waals surface area (Å²) in [5.41, 5.74) is 5.72. The molecule has 0 atom stereocenters. The third-order valence-corrected chi connectivity index (χ3v) is 2.38. The number of ether oxygens (including phenoxy) is 1. The van der Waals surface area contributed by atoms with Crippen LogP contribution in [0.3, 0.4) is 0 Å². The van der Waals surface area contributed by atoms with Crippen molar-refractivity contribution in [2.45, 2.75) is 0 Å². The van der Waals surface area contributed by atoms with E-state index in [4.69, 9.17) is 27.5 Å². The number of nitrogen functional groups attached to an aromatic ring is 1. The lowest BCUT2D eigenvalue weighted by molar-refractivity contribution is 0.482. The van der Waals surface area contributed by atoms with E-state index in [1.807, 2.05) is 12.1 Å². The molecule has 0 bridgehead atoms. The Hall–Kier alpha value is -2.07. The molecule has 4 nitrogen and oxygen atoms in total. The van der Waals surface area contributed by atoms with Gasteiger partial charge in [0.1, 0.15) is 23.0 Å². The average Bonchev–Trinajstić information content (AvgIpc) is 2.32. The van der Waals surface area contributed by atoms with E-state index in [2.05, 4.69) is 4.98 Å². The molecule has 0 aliphatic carbocycles. The summed E-state index contributed by atoms with van der Waals surface area (Å²) in [4.78, 5) is 3.94. The Kier molecular flexibility index (Phi) is 3.25. The number of pyridine rings is 1. The summed E-state index contributed by atoms with van der Waals surface area (Å²) in [5, 5.41) is 7.81. The maximum Gasteiger partial charge on any atom is 0.146 e. The molecule has 0 saturated heterocycles. The van der Waals surface area contributed by atoms with E-state index in [-0.39, 0.29) is 5.84 Å². The Labute approximate surface area is 104 Å². The van der Waals surface area contributed by atoms with E-state index in [0.717, 1.165) is 0 Å². The summed E-state index contributed by atoms with van der Waals surface area (Å²) in [6.45, 7) is 0. The van der Waals surface area contributed by atoms with Crippen molar-refractivity contribution < 1.29 is 4.74 Å². The predicted molar refractivity (Wildman–Crippen MR) is 66.8 cm³/mol. The molecule has 2 aromatic rings. The first-order valence-electron chi connectivity index (χ1n) is 4.89. The minimum Gasteiger partial charge on any atom is -0.456 e. The summed E-state index contributed by atoms with van der Waals surface area (Å²) < 4.78 is 5.58. The number of benzene rings is 1. The predicted octanol–water partition coefficient (Wildman–Crippen LogP) is 2.81. The molecule has 1 aromatic heterocycles. The molecule has 86 valence electrons. The maximum atomic E-state index is 7.29. The number of nitrogens with two attached hydrogens (primary N) is 1. The molecule has 0 saturated carbocycles. The fourth-order valence-corrected chi connectivity index (χ4v) is 1.45. The van der Waals surface area contributed by atoms with Gasteiger partial charge in [-0.15, -0.1) is 0 Å². The summed E-state index contributed by atoms with van der Waals surface area (Å²) >= 11 is 5.97. The van der Waals surface area contributed by atoms with Crippen LogP contribution < -0.4 is 10.5 Å². The van der Waals surface area contributed by atoms with Crippen molar-refractivity contribution >= 4 is 17.4 Å². The van der Waals surface area contributed by atoms with Crippen molar-refractivity contribution in [1.82, 2.24) is 4.98 Å². The van der Waals surface area contributed by atoms with Crippen LogP contribution in [0.4, 0.5) is 0 Å². The lowest BCUT2D eigenvalue weighted by atomic mass is 10.3. The Bertz CT molecular complexity index is 557. The van der Waals surface area contributed by atoms with Gasteiger partial charge in [-0.05, 0) is 18.2 Å². The number of aromatic nitrogens is 1. The SMILES string of the molecule is N=C(N)c1cc(Oc2ccccc2Cl)ccn1. The van der Waals surface area contributed by atoms with E-state index in [0.29, 0.717) is 22.2 Å². The smallest absolute Gasteiger partial charge is 0.146 e. The second kappa shape index (κ2) is 4.84. The zero-order chi connectivity index (χ0) is 12.3. The third kappa shape index (κ3) is 2.73. The van der Waals surface area contributed by atoms with E-state index in [9.17, 15) is 0 Å². The highest BCUT2D eigenvalue weighted by molar-refractivity contribution is 6.32. The summed E-state index contributed by atoms with van der Waals surface area (Å²) in [5.74, 6) is 0.989. The van der Waals surface area contributed by atoms with Crippen LogP contribution in [-0.2, 0) is 0 Å². The molecule has 0 amide bonds. The zero-order valence-corrected chi connectivity index (χ0v) is 9.61. The second-order valence-corrected chi connectivity index (χ2v) is 3.73. The van der Waals surface area contributed by atoms with Gasteiger partial charge in [0.2, 0.25) is 0 Å². The van der Waals surface area contributed by atoms with Crippen LogP contribution in [0.1, 0.15) is 5.69 Å². The molecule has 0 radical (unpaired) electrons. The number of para-hydroxylation sites is 1. The van der Waals surface area contributed by atoms with Gasteiger partial charge >= 0.3 is 0 Å². The number of hydrogen-bond donors (Lipinski definition) is 2. The molecule has 3 N–H and O–H groups in total. The van der Waals surface area contributed by atoms with Gasteiger partial charge < -0.3 is 10.5 Å². The molecule has 0 aliphatic heterocycles. The van der Waals surface area contributed by atoms with Gasteiger partial charge in [-0.3, -0.25) is 10.4 Å². The maximum absolute atomic E-state index is 7.29. The number of rotatable bonds is 3. The van der Waals surface area contributed by atoms with Crippen molar-refractivity contribution in [2.24, 2.45) is 5.73 Å². The van der Waals surface area contributed by atoms with E-state index in [1.165, 1.54) is 6.20 Å². The van der Waals surface area contributed by atoms with Gasteiger partial charge in [0.05, 0.1) is 5.02 Å². The average molecular weight is 248 g/mol. The number of nitrogens with zero attached hydrogens (tertiary/aromatic N) is 1. The van der Waals surface area contributed by atoms with Crippen LogP contribution in [0.5, 0.6) is 11.5 Å². The first kappa shape index (κ1) is 11.4. The molecule has 17 heavy (non-hydrogen) atoms. The van der Waals surface area contributed by atoms with E-state index < -0.39 is 0 Å². The highest BCUT2D eigenvalue weighted by atomic mass is 35.5. The summed E-state index contributed by atoms with van der Waals surface area (Å²) in [6.07, 6.45) is 1.53. The van der Waals surface area contributed by atoms with Crippen molar-refractivity contribution in [2.75, 3.05) is 0 Å². The van der Waals surface area contributed by atoms with Crippen LogP contribution in [-0.4, -0.2) is 10.8 Å². The van der Waals surface area contributed by atoms with Crippen LogP contribution in [0.25, 0.3) is 0 Å². The van der Waals surface area contributed by atoms with Crippen molar-refractivity contribution in [3.63, 3.8) is 0 Å². The highest BCUT2D eigenvalue weighted by Crippen LogP contribution is 2.28. The van der Waals surface area contributed by atoms with Gasteiger partial charge in [0.15, 0.2) is 0 Å². The van der Waals surface area contributed by atoms with Crippen LogP contribution in [0, 0.1) is 5.41 Å². The van der Waals surface area contributed by atoms with Crippen molar-refractivity contribution in [3.05, 3.63) is 53.3 Å². The second-order valence-electron chi connectivity index (χ2n) is 3.32. The van der Waals surface area contributed by atoms with Crippen LogP contribution in [0.2, 0.25) is 5.02 Å².